The molecule has 1 aliphatic heterocycles. The summed E-state index contributed by atoms with van der Waals surface area (Å²) in [7, 11) is 0. The van der Waals surface area contributed by atoms with Gasteiger partial charge in [-0.15, -0.1) is 0 Å². The van der Waals surface area contributed by atoms with Crippen LogP contribution >= 0.6 is 15.9 Å². The molecule has 0 aromatic heterocycles. The number of rotatable bonds is 3. The lowest BCUT2D eigenvalue weighted by molar-refractivity contribution is 0.367. The first-order valence-electron chi connectivity index (χ1n) is 8.19. The van der Waals surface area contributed by atoms with E-state index in [9.17, 15) is 4.39 Å². The molecule has 126 valence electrons. The zero-order chi connectivity index (χ0) is 17.4. The number of nitriles is 1. The van der Waals surface area contributed by atoms with E-state index in [1.54, 1.807) is 0 Å². The van der Waals surface area contributed by atoms with Gasteiger partial charge in [-0.25, -0.2) is 4.39 Å². The molecule has 3 nitrogen and oxygen atoms in total. The summed E-state index contributed by atoms with van der Waals surface area (Å²) in [5.74, 6) is 0.995. The highest BCUT2D eigenvalue weighted by Gasteiger charge is 2.39. The second kappa shape index (κ2) is 6.53. The van der Waals surface area contributed by atoms with Crippen LogP contribution in [0.4, 0.5) is 10.1 Å². The van der Waals surface area contributed by atoms with Crippen molar-refractivity contribution in [3.05, 3.63) is 70.0 Å². The minimum absolute atomic E-state index is 0.0309. The van der Waals surface area contributed by atoms with Gasteiger partial charge >= 0.3 is 0 Å². The number of anilines is 1. The molecular weight excluding hydrogens is 383 g/mol. The molecule has 0 amide bonds. The molecule has 3 atom stereocenters. The smallest absolute Gasteiger partial charge is 0.174 e. The molecule has 0 saturated heterocycles. The van der Waals surface area contributed by atoms with Crippen molar-refractivity contribution in [2.45, 2.75) is 18.4 Å². The van der Waals surface area contributed by atoms with Gasteiger partial charge in [0.2, 0.25) is 0 Å². The van der Waals surface area contributed by atoms with E-state index in [0.717, 1.165) is 22.0 Å². The molecular formula is C20H16BrFN2O. The molecule has 0 fully saturated rings. The standard InChI is InChI=1S/C20H16BrFN2O/c21-13-10-17-15-2-1-3-16(15)19(24-20(17)18(22)11-13)12-4-6-14(7-5-12)25-9-8-23/h1-2,4-7,10-11,15-16,19,24H,3,9H2/t15-,16-,19+/m1/s1. The van der Waals surface area contributed by atoms with Crippen molar-refractivity contribution in [3.63, 3.8) is 0 Å². The number of nitrogens with zero attached hydrogens (tertiary/aromatic N) is 1. The Morgan fingerprint density at radius 2 is 2.08 bits per heavy atom. The Morgan fingerprint density at radius 3 is 2.84 bits per heavy atom. The Kier molecular flexibility index (Phi) is 4.22. The van der Waals surface area contributed by atoms with E-state index in [2.05, 4.69) is 33.4 Å². The minimum Gasteiger partial charge on any atom is -0.479 e. The van der Waals surface area contributed by atoms with Crippen LogP contribution in [0.3, 0.4) is 0 Å². The third kappa shape index (κ3) is 2.91. The predicted molar refractivity (Wildman–Crippen MR) is 98.0 cm³/mol. The van der Waals surface area contributed by atoms with Crippen LogP contribution in [0, 0.1) is 23.1 Å². The molecule has 1 aliphatic carbocycles. The van der Waals surface area contributed by atoms with Gasteiger partial charge in [0.15, 0.2) is 6.61 Å². The molecule has 1 heterocycles. The zero-order valence-electron chi connectivity index (χ0n) is 13.4. The summed E-state index contributed by atoms with van der Waals surface area (Å²) in [4.78, 5) is 0. The average molecular weight is 399 g/mol. The largest absolute Gasteiger partial charge is 0.479 e. The summed E-state index contributed by atoms with van der Waals surface area (Å²) >= 11 is 3.40. The van der Waals surface area contributed by atoms with Gasteiger partial charge in [-0.2, -0.15) is 5.26 Å². The molecule has 2 aromatic carbocycles. The minimum atomic E-state index is -0.234. The van der Waals surface area contributed by atoms with Crippen molar-refractivity contribution in [2.24, 2.45) is 5.92 Å². The Bertz CT molecular complexity index is 873. The van der Waals surface area contributed by atoms with Gasteiger partial charge in [0.25, 0.3) is 0 Å². The number of fused-ring (bicyclic) bond motifs is 3. The molecule has 4 rings (SSSR count). The third-order valence-corrected chi connectivity index (χ3v) is 5.39. The molecule has 0 bridgehead atoms. The molecule has 2 aromatic rings. The third-order valence-electron chi connectivity index (χ3n) is 4.93. The Morgan fingerprint density at radius 1 is 1.28 bits per heavy atom. The highest BCUT2D eigenvalue weighted by atomic mass is 79.9. The van der Waals surface area contributed by atoms with Crippen molar-refractivity contribution in [2.75, 3.05) is 11.9 Å². The molecule has 25 heavy (non-hydrogen) atoms. The fourth-order valence-corrected chi connectivity index (χ4v) is 4.29. The fourth-order valence-electron chi connectivity index (χ4n) is 3.84. The molecule has 5 heteroatoms. The normalized spacial score (nSPS) is 23.3. The van der Waals surface area contributed by atoms with Crippen molar-refractivity contribution in [1.82, 2.24) is 0 Å². The van der Waals surface area contributed by atoms with Crippen LogP contribution in [0.5, 0.6) is 5.75 Å². The average Bonchev–Trinajstić information content (AvgIpc) is 3.10. The number of halogens is 2. The van der Waals surface area contributed by atoms with Crippen LogP contribution in [0.15, 0.2) is 53.0 Å². The molecule has 2 aliphatic rings. The Hall–Kier alpha value is -2.32. The Balaban J connectivity index is 1.68. The quantitative estimate of drug-likeness (QED) is 0.711. The number of hydrogen-bond acceptors (Lipinski definition) is 3. The lowest BCUT2D eigenvalue weighted by atomic mass is 9.77. The number of hydrogen-bond donors (Lipinski definition) is 1. The van der Waals surface area contributed by atoms with Crippen LogP contribution in [-0.2, 0) is 0 Å². The van der Waals surface area contributed by atoms with Crippen LogP contribution in [0.1, 0.15) is 29.5 Å². The van der Waals surface area contributed by atoms with Gasteiger partial charge in [0.1, 0.15) is 17.6 Å². The lowest BCUT2D eigenvalue weighted by Gasteiger charge is -2.37. The summed E-state index contributed by atoms with van der Waals surface area (Å²) in [5.41, 5.74) is 2.69. The van der Waals surface area contributed by atoms with Gasteiger partial charge in [-0.05, 0) is 47.7 Å². The predicted octanol–water partition coefficient (Wildman–Crippen LogP) is 5.32. The van der Waals surface area contributed by atoms with E-state index in [4.69, 9.17) is 10.00 Å². The summed E-state index contributed by atoms with van der Waals surface area (Å²) in [6, 6.07) is 13.2. The van der Waals surface area contributed by atoms with Gasteiger partial charge in [-0.1, -0.05) is 40.2 Å². The second-order valence-corrected chi connectivity index (χ2v) is 7.26. The molecule has 1 N–H and O–H groups in total. The van der Waals surface area contributed by atoms with Crippen LogP contribution in [0.2, 0.25) is 0 Å². The number of ether oxygens (including phenoxy) is 1. The van der Waals surface area contributed by atoms with Crippen LogP contribution in [0.25, 0.3) is 0 Å². The fraction of sp³-hybridized carbons (Fsp3) is 0.250. The van der Waals surface area contributed by atoms with Gasteiger partial charge in [0.05, 0.1) is 11.7 Å². The molecule has 0 radical (unpaired) electrons. The summed E-state index contributed by atoms with van der Waals surface area (Å²) in [5, 5.41) is 12.0. The number of benzene rings is 2. The topological polar surface area (TPSA) is 45.0 Å². The van der Waals surface area contributed by atoms with Crippen LogP contribution in [-0.4, -0.2) is 6.61 Å². The SMILES string of the molecule is N#CCOc1ccc([C@@H]2Nc3c(F)cc(Br)cc3[C@@H]3C=CC[C@H]32)cc1. The summed E-state index contributed by atoms with van der Waals surface area (Å²) in [6.07, 6.45) is 5.33. The summed E-state index contributed by atoms with van der Waals surface area (Å²) < 4.78 is 20.6. The molecule has 0 spiro atoms. The van der Waals surface area contributed by atoms with Crippen molar-refractivity contribution in [3.8, 4) is 11.8 Å². The van der Waals surface area contributed by atoms with E-state index in [1.165, 1.54) is 6.07 Å². The lowest BCUT2D eigenvalue weighted by Crippen LogP contribution is -2.29. The number of allylic oxidation sites excluding steroid dienone is 2. The van der Waals surface area contributed by atoms with Crippen molar-refractivity contribution >= 4 is 21.6 Å². The first kappa shape index (κ1) is 16.2. The highest BCUT2D eigenvalue weighted by Crippen LogP contribution is 2.51. The maximum absolute atomic E-state index is 14.5. The first-order chi connectivity index (χ1) is 12.2. The van der Waals surface area contributed by atoms with Crippen LogP contribution < -0.4 is 10.1 Å². The highest BCUT2D eigenvalue weighted by molar-refractivity contribution is 9.10. The molecule has 0 saturated carbocycles. The summed E-state index contributed by atoms with van der Waals surface area (Å²) in [6.45, 7) is 0.0309. The maximum Gasteiger partial charge on any atom is 0.174 e. The van der Waals surface area contributed by atoms with E-state index in [1.807, 2.05) is 36.4 Å². The number of nitrogens with one attached hydrogen (secondary N) is 1. The van der Waals surface area contributed by atoms with Gasteiger partial charge in [0, 0.05) is 10.4 Å². The van der Waals surface area contributed by atoms with Crippen molar-refractivity contribution in [1.29, 1.82) is 5.26 Å². The first-order valence-corrected chi connectivity index (χ1v) is 8.98. The zero-order valence-corrected chi connectivity index (χ0v) is 15.0. The van der Waals surface area contributed by atoms with E-state index >= 15 is 0 Å². The van der Waals surface area contributed by atoms with E-state index < -0.39 is 0 Å². The van der Waals surface area contributed by atoms with Gasteiger partial charge in [-0.3, -0.25) is 0 Å². The second-order valence-electron chi connectivity index (χ2n) is 6.34. The van der Waals surface area contributed by atoms with Gasteiger partial charge < -0.3 is 10.1 Å². The maximum atomic E-state index is 14.5. The van der Waals surface area contributed by atoms with E-state index in [0.29, 0.717) is 17.4 Å². The monoisotopic (exact) mass is 398 g/mol. The van der Waals surface area contributed by atoms with Crippen molar-refractivity contribution < 1.29 is 9.13 Å². The van der Waals surface area contributed by atoms with E-state index in [-0.39, 0.29) is 24.4 Å². The molecule has 0 unspecified atom stereocenters. The Labute approximate surface area is 154 Å².